The Morgan fingerprint density at radius 1 is 1.10 bits per heavy atom. The summed E-state index contributed by atoms with van der Waals surface area (Å²) in [5.41, 5.74) is -0.236. The summed E-state index contributed by atoms with van der Waals surface area (Å²) in [5.74, 6) is 0.112. The third-order valence-electron chi connectivity index (χ3n) is 2.73. The second kappa shape index (κ2) is 6.06. The first-order valence-electron chi connectivity index (χ1n) is 5.89. The molecule has 0 aliphatic carbocycles. The van der Waals surface area contributed by atoms with Crippen molar-refractivity contribution >= 4 is 11.6 Å². The van der Waals surface area contributed by atoms with Gasteiger partial charge in [0.05, 0.1) is 11.1 Å². The van der Waals surface area contributed by atoms with E-state index in [4.69, 9.17) is 21.6 Å². The number of nitrogens with zero attached hydrogens (tertiary/aromatic N) is 1. The number of alkyl halides is 3. The Morgan fingerprint density at radius 3 is 2.33 bits per heavy atom. The van der Waals surface area contributed by atoms with E-state index in [0.717, 1.165) is 23.8 Å². The number of ether oxygens (including phenoxy) is 1. The van der Waals surface area contributed by atoms with Crippen LogP contribution in [0.5, 0.6) is 5.75 Å². The minimum atomic E-state index is -4.49. The molecule has 0 heterocycles. The topological polar surface area (TPSA) is 33.0 Å². The SMILES string of the molecule is N#Cc1cc(C(F)(F)F)ccc1OCc1ccc(Cl)cc1. The molecule has 0 aliphatic heterocycles. The molecule has 0 bridgehead atoms. The zero-order valence-corrected chi connectivity index (χ0v) is 11.4. The van der Waals surface area contributed by atoms with Crippen LogP contribution < -0.4 is 4.74 Å². The lowest BCUT2D eigenvalue weighted by Gasteiger charge is -2.11. The maximum absolute atomic E-state index is 12.6. The molecule has 21 heavy (non-hydrogen) atoms. The van der Waals surface area contributed by atoms with E-state index in [2.05, 4.69) is 0 Å². The lowest BCUT2D eigenvalue weighted by molar-refractivity contribution is -0.137. The number of halogens is 4. The Labute approximate surface area is 124 Å². The molecule has 0 fully saturated rings. The van der Waals surface area contributed by atoms with Crippen LogP contribution in [-0.2, 0) is 12.8 Å². The maximum atomic E-state index is 12.6. The summed E-state index contributed by atoms with van der Waals surface area (Å²) in [4.78, 5) is 0. The van der Waals surface area contributed by atoms with Crippen molar-refractivity contribution in [2.75, 3.05) is 0 Å². The molecule has 2 nitrogen and oxygen atoms in total. The van der Waals surface area contributed by atoms with Gasteiger partial charge in [0.15, 0.2) is 0 Å². The van der Waals surface area contributed by atoms with E-state index in [1.807, 2.05) is 0 Å². The monoisotopic (exact) mass is 311 g/mol. The van der Waals surface area contributed by atoms with Gasteiger partial charge < -0.3 is 4.74 Å². The summed E-state index contributed by atoms with van der Waals surface area (Å²) in [7, 11) is 0. The second-order valence-electron chi connectivity index (χ2n) is 4.24. The van der Waals surface area contributed by atoms with E-state index >= 15 is 0 Å². The van der Waals surface area contributed by atoms with Crippen molar-refractivity contribution < 1.29 is 17.9 Å². The molecule has 0 N–H and O–H groups in total. The average Bonchev–Trinajstić information content (AvgIpc) is 2.45. The first-order chi connectivity index (χ1) is 9.90. The number of benzene rings is 2. The van der Waals surface area contributed by atoms with Crippen LogP contribution in [-0.4, -0.2) is 0 Å². The lowest BCUT2D eigenvalue weighted by Crippen LogP contribution is -2.06. The predicted molar refractivity (Wildman–Crippen MR) is 71.9 cm³/mol. The fourth-order valence-electron chi connectivity index (χ4n) is 1.66. The summed E-state index contributed by atoms with van der Waals surface area (Å²) in [6, 6.07) is 11.3. The molecule has 0 radical (unpaired) electrons. The zero-order chi connectivity index (χ0) is 15.5. The smallest absolute Gasteiger partial charge is 0.416 e. The van der Waals surface area contributed by atoms with E-state index in [-0.39, 0.29) is 17.9 Å². The largest absolute Gasteiger partial charge is 0.488 e. The van der Waals surface area contributed by atoms with E-state index in [1.54, 1.807) is 30.3 Å². The van der Waals surface area contributed by atoms with Crippen molar-refractivity contribution in [3.8, 4) is 11.8 Å². The average molecular weight is 312 g/mol. The van der Waals surface area contributed by atoms with Crippen molar-refractivity contribution in [2.24, 2.45) is 0 Å². The highest BCUT2D eigenvalue weighted by Gasteiger charge is 2.31. The van der Waals surface area contributed by atoms with Gasteiger partial charge in [0.25, 0.3) is 0 Å². The Kier molecular flexibility index (Phi) is 4.39. The molecule has 108 valence electrons. The molecular formula is C15H9ClF3NO. The van der Waals surface area contributed by atoms with E-state index in [1.165, 1.54) is 0 Å². The van der Waals surface area contributed by atoms with Gasteiger partial charge in [0.2, 0.25) is 0 Å². The summed E-state index contributed by atoms with van der Waals surface area (Å²) >= 11 is 5.75. The molecule has 2 rings (SSSR count). The molecule has 6 heteroatoms. The number of nitriles is 1. The second-order valence-corrected chi connectivity index (χ2v) is 4.67. The van der Waals surface area contributed by atoms with Gasteiger partial charge in [0, 0.05) is 5.02 Å². The van der Waals surface area contributed by atoms with Gasteiger partial charge in [-0.25, -0.2) is 0 Å². The highest BCUT2D eigenvalue weighted by molar-refractivity contribution is 6.30. The molecule has 0 aliphatic rings. The van der Waals surface area contributed by atoms with Crippen molar-refractivity contribution in [3.63, 3.8) is 0 Å². The van der Waals surface area contributed by atoms with Crippen LogP contribution in [0.2, 0.25) is 5.02 Å². The molecule has 0 saturated heterocycles. The summed E-state index contributed by atoms with van der Waals surface area (Å²) in [6.45, 7) is 0.136. The zero-order valence-electron chi connectivity index (χ0n) is 10.6. The Hall–Kier alpha value is -2.19. The van der Waals surface area contributed by atoms with Crippen molar-refractivity contribution in [2.45, 2.75) is 12.8 Å². The first-order valence-corrected chi connectivity index (χ1v) is 6.26. The van der Waals surface area contributed by atoms with Gasteiger partial charge in [-0.2, -0.15) is 18.4 Å². The van der Waals surface area contributed by atoms with E-state index in [0.29, 0.717) is 5.02 Å². The minimum Gasteiger partial charge on any atom is -0.488 e. The van der Waals surface area contributed by atoms with Crippen LogP contribution in [0.3, 0.4) is 0 Å². The molecular weight excluding hydrogens is 303 g/mol. The number of hydrogen-bond acceptors (Lipinski definition) is 2. The van der Waals surface area contributed by atoms with Crippen LogP contribution in [0, 0.1) is 11.3 Å². The number of hydrogen-bond donors (Lipinski definition) is 0. The lowest BCUT2D eigenvalue weighted by atomic mass is 10.1. The first kappa shape index (κ1) is 15.2. The fourth-order valence-corrected chi connectivity index (χ4v) is 1.79. The maximum Gasteiger partial charge on any atom is 0.416 e. The van der Waals surface area contributed by atoms with E-state index < -0.39 is 11.7 Å². The Bertz CT molecular complexity index is 675. The summed E-state index contributed by atoms with van der Waals surface area (Å²) in [5, 5.41) is 9.50. The van der Waals surface area contributed by atoms with Gasteiger partial charge in [-0.3, -0.25) is 0 Å². The third kappa shape index (κ3) is 3.89. The molecule has 2 aromatic carbocycles. The van der Waals surface area contributed by atoms with Crippen LogP contribution in [0.1, 0.15) is 16.7 Å². The highest BCUT2D eigenvalue weighted by atomic mass is 35.5. The van der Waals surface area contributed by atoms with Crippen LogP contribution in [0.25, 0.3) is 0 Å². The normalized spacial score (nSPS) is 11.0. The summed E-state index contributed by atoms with van der Waals surface area (Å²) < 4.78 is 43.1. The van der Waals surface area contributed by atoms with Crippen molar-refractivity contribution in [1.29, 1.82) is 5.26 Å². The van der Waals surface area contributed by atoms with Crippen molar-refractivity contribution in [1.82, 2.24) is 0 Å². The van der Waals surface area contributed by atoms with Crippen LogP contribution in [0.4, 0.5) is 13.2 Å². The van der Waals surface area contributed by atoms with Gasteiger partial charge >= 0.3 is 6.18 Å². The third-order valence-corrected chi connectivity index (χ3v) is 2.99. The quantitative estimate of drug-likeness (QED) is 0.815. The molecule has 0 aromatic heterocycles. The van der Waals surface area contributed by atoms with Gasteiger partial charge in [-0.05, 0) is 35.9 Å². The predicted octanol–water partition coefficient (Wildman–Crippen LogP) is 4.81. The van der Waals surface area contributed by atoms with Gasteiger partial charge in [0.1, 0.15) is 18.4 Å². The number of rotatable bonds is 3. The molecule has 0 unspecified atom stereocenters. The minimum absolute atomic E-state index is 0.112. The molecule has 0 saturated carbocycles. The Balaban J connectivity index is 2.17. The van der Waals surface area contributed by atoms with Crippen LogP contribution in [0.15, 0.2) is 42.5 Å². The standard InChI is InChI=1S/C15H9ClF3NO/c16-13-4-1-10(2-5-13)9-21-14-6-3-12(15(17,18)19)7-11(14)8-20/h1-7H,9H2. The van der Waals surface area contributed by atoms with Crippen LogP contribution >= 0.6 is 11.6 Å². The molecule has 0 spiro atoms. The molecule has 0 atom stereocenters. The fraction of sp³-hybridized carbons (Fsp3) is 0.133. The molecule has 0 amide bonds. The van der Waals surface area contributed by atoms with Gasteiger partial charge in [-0.15, -0.1) is 0 Å². The van der Waals surface area contributed by atoms with Gasteiger partial charge in [-0.1, -0.05) is 23.7 Å². The highest BCUT2D eigenvalue weighted by Crippen LogP contribution is 2.32. The molecule has 2 aromatic rings. The Morgan fingerprint density at radius 2 is 1.76 bits per heavy atom. The summed E-state index contributed by atoms with van der Waals surface area (Å²) in [6.07, 6.45) is -4.49. The van der Waals surface area contributed by atoms with Crippen molar-refractivity contribution in [3.05, 3.63) is 64.2 Å². The van der Waals surface area contributed by atoms with E-state index in [9.17, 15) is 13.2 Å².